The van der Waals surface area contributed by atoms with E-state index in [1.54, 1.807) is 51.7 Å². The van der Waals surface area contributed by atoms with E-state index in [-0.39, 0.29) is 11.8 Å². The number of aromatic nitrogens is 2. The summed E-state index contributed by atoms with van der Waals surface area (Å²) in [6.07, 6.45) is 1.83. The molecule has 2 amide bonds. The first-order chi connectivity index (χ1) is 12.9. The maximum Gasteiger partial charge on any atom is 0.255 e. The van der Waals surface area contributed by atoms with Gasteiger partial charge in [-0.25, -0.2) is 0 Å². The molecule has 1 N–H and O–H groups in total. The van der Waals surface area contributed by atoms with Crippen molar-refractivity contribution < 1.29 is 9.59 Å². The number of thioether (sulfide) groups is 1. The first kappa shape index (κ1) is 19.7. The molecular formula is C18H22ClN5O2S. The van der Waals surface area contributed by atoms with Crippen LogP contribution in [0.3, 0.4) is 0 Å². The first-order valence-electron chi connectivity index (χ1n) is 8.57. The molecular weight excluding hydrogens is 386 g/mol. The summed E-state index contributed by atoms with van der Waals surface area (Å²) in [6.45, 7) is 1.60. The molecule has 1 fully saturated rings. The molecule has 1 aromatic carbocycles. The second kappa shape index (κ2) is 8.77. The number of carbonyl (C=O) groups is 2. The predicted molar refractivity (Wildman–Crippen MR) is 108 cm³/mol. The Kier molecular flexibility index (Phi) is 6.41. The average Bonchev–Trinajstić information content (AvgIpc) is 3.29. The lowest BCUT2D eigenvalue weighted by molar-refractivity contribution is -0.119. The van der Waals surface area contributed by atoms with Gasteiger partial charge in [-0.1, -0.05) is 11.6 Å². The molecule has 2 aromatic rings. The zero-order chi connectivity index (χ0) is 19.4. The minimum atomic E-state index is -0.523. The second-order valence-electron chi connectivity index (χ2n) is 6.55. The average molecular weight is 408 g/mol. The van der Waals surface area contributed by atoms with Gasteiger partial charge in [-0.3, -0.25) is 14.3 Å². The maximum absolute atomic E-state index is 12.7. The molecule has 2 heterocycles. The van der Waals surface area contributed by atoms with Crippen molar-refractivity contribution in [1.82, 2.24) is 19.6 Å². The molecule has 0 spiro atoms. The molecule has 1 unspecified atom stereocenters. The minimum absolute atomic E-state index is 0.173. The van der Waals surface area contributed by atoms with Crippen molar-refractivity contribution in [3.05, 3.63) is 47.1 Å². The summed E-state index contributed by atoms with van der Waals surface area (Å²) in [5.74, 6) is 1.15. The van der Waals surface area contributed by atoms with E-state index in [0.717, 1.165) is 13.1 Å². The van der Waals surface area contributed by atoms with Gasteiger partial charge in [0.2, 0.25) is 5.91 Å². The third kappa shape index (κ3) is 5.03. The normalized spacial score (nSPS) is 16.7. The van der Waals surface area contributed by atoms with Gasteiger partial charge in [-0.2, -0.15) is 5.10 Å². The Balaban J connectivity index is 1.63. The molecule has 0 aliphatic carbocycles. The van der Waals surface area contributed by atoms with Crippen molar-refractivity contribution in [3.63, 3.8) is 0 Å². The summed E-state index contributed by atoms with van der Waals surface area (Å²) in [6, 6.07) is 7.94. The van der Waals surface area contributed by atoms with Crippen LogP contribution >= 0.6 is 23.4 Å². The monoisotopic (exact) mass is 407 g/mol. The number of rotatable bonds is 6. The number of benzene rings is 1. The highest BCUT2D eigenvalue weighted by molar-refractivity contribution is 7.99. The SMILES string of the molecule is CN(C)CCn1ccc(NC(=O)C2CSCN2C(=O)c2ccc(Cl)cc2)n1. The van der Waals surface area contributed by atoms with Gasteiger partial charge in [0.05, 0.1) is 12.4 Å². The van der Waals surface area contributed by atoms with Gasteiger partial charge in [0.1, 0.15) is 6.04 Å². The molecule has 1 atom stereocenters. The highest BCUT2D eigenvalue weighted by Crippen LogP contribution is 2.24. The third-order valence-corrected chi connectivity index (χ3v) is 5.47. The molecule has 1 aromatic heterocycles. The Labute approximate surface area is 167 Å². The Morgan fingerprint density at radius 1 is 1.30 bits per heavy atom. The Morgan fingerprint density at radius 2 is 2.04 bits per heavy atom. The number of likely N-dealkylation sites (N-methyl/N-ethyl adjacent to an activating group) is 1. The zero-order valence-corrected chi connectivity index (χ0v) is 16.8. The highest BCUT2D eigenvalue weighted by Gasteiger charge is 2.35. The van der Waals surface area contributed by atoms with E-state index in [9.17, 15) is 9.59 Å². The molecule has 1 saturated heterocycles. The van der Waals surface area contributed by atoms with Gasteiger partial charge in [-0.15, -0.1) is 11.8 Å². The van der Waals surface area contributed by atoms with Gasteiger partial charge in [-0.05, 0) is 38.4 Å². The Bertz CT molecular complexity index is 808. The van der Waals surface area contributed by atoms with E-state index in [4.69, 9.17) is 11.6 Å². The van der Waals surface area contributed by atoms with Crippen molar-refractivity contribution >= 4 is 41.0 Å². The van der Waals surface area contributed by atoms with Crippen molar-refractivity contribution in [2.24, 2.45) is 0 Å². The highest BCUT2D eigenvalue weighted by atomic mass is 35.5. The third-order valence-electron chi connectivity index (χ3n) is 4.21. The molecule has 0 bridgehead atoms. The van der Waals surface area contributed by atoms with Crippen LogP contribution in [-0.4, -0.2) is 69.7 Å². The Morgan fingerprint density at radius 3 is 2.74 bits per heavy atom. The van der Waals surface area contributed by atoms with Crippen molar-refractivity contribution in [3.8, 4) is 0 Å². The first-order valence-corrected chi connectivity index (χ1v) is 10.1. The molecule has 1 aliphatic rings. The van der Waals surface area contributed by atoms with Gasteiger partial charge in [0, 0.05) is 35.1 Å². The topological polar surface area (TPSA) is 70.5 Å². The second-order valence-corrected chi connectivity index (χ2v) is 7.99. The number of halogens is 1. The van der Waals surface area contributed by atoms with Crippen LogP contribution in [0.25, 0.3) is 0 Å². The van der Waals surface area contributed by atoms with Gasteiger partial charge < -0.3 is 15.1 Å². The molecule has 144 valence electrons. The predicted octanol–water partition coefficient (Wildman–Crippen LogP) is 2.25. The number of nitrogens with one attached hydrogen (secondary N) is 1. The van der Waals surface area contributed by atoms with E-state index >= 15 is 0 Å². The number of amides is 2. The number of anilines is 1. The lowest BCUT2D eigenvalue weighted by Crippen LogP contribution is -2.44. The van der Waals surface area contributed by atoms with Crippen LogP contribution in [-0.2, 0) is 11.3 Å². The van der Waals surface area contributed by atoms with Crippen LogP contribution in [0.1, 0.15) is 10.4 Å². The fourth-order valence-corrected chi connectivity index (χ4v) is 3.96. The molecule has 3 rings (SSSR count). The lowest BCUT2D eigenvalue weighted by Gasteiger charge is -2.22. The van der Waals surface area contributed by atoms with Crippen LogP contribution in [0, 0.1) is 0 Å². The lowest BCUT2D eigenvalue weighted by atomic mass is 10.1. The van der Waals surface area contributed by atoms with Crippen LogP contribution < -0.4 is 5.32 Å². The van der Waals surface area contributed by atoms with Gasteiger partial charge in [0.15, 0.2) is 5.82 Å². The molecule has 0 saturated carbocycles. The molecule has 0 radical (unpaired) electrons. The van der Waals surface area contributed by atoms with Gasteiger partial charge >= 0.3 is 0 Å². The maximum atomic E-state index is 12.7. The van der Waals surface area contributed by atoms with Crippen molar-refractivity contribution in [2.75, 3.05) is 37.6 Å². The summed E-state index contributed by atoms with van der Waals surface area (Å²) in [5, 5.41) is 7.76. The number of hydrogen-bond donors (Lipinski definition) is 1. The fourth-order valence-electron chi connectivity index (χ4n) is 2.68. The van der Waals surface area contributed by atoms with Crippen LogP contribution in [0.2, 0.25) is 5.02 Å². The summed E-state index contributed by atoms with van der Waals surface area (Å²) >= 11 is 7.44. The summed E-state index contributed by atoms with van der Waals surface area (Å²) in [7, 11) is 3.99. The van der Waals surface area contributed by atoms with Crippen LogP contribution in [0.4, 0.5) is 5.82 Å². The molecule has 7 nitrogen and oxygen atoms in total. The van der Waals surface area contributed by atoms with Gasteiger partial charge in [0.25, 0.3) is 5.91 Å². The molecule has 1 aliphatic heterocycles. The van der Waals surface area contributed by atoms with Crippen LogP contribution in [0.5, 0.6) is 0 Å². The van der Waals surface area contributed by atoms with E-state index in [2.05, 4.69) is 15.3 Å². The van der Waals surface area contributed by atoms with E-state index in [0.29, 0.717) is 28.0 Å². The van der Waals surface area contributed by atoms with E-state index in [1.165, 1.54) is 0 Å². The Hall–Kier alpha value is -2.03. The standard InChI is InChI=1S/C18H22ClN5O2S/c1-22(2)9-10-23-8-7-16(21-23)20-17(25)15-11-27-12-24(15)18(26)13-3-5-14(19)6-4-13/h3-8,15H,9-12H2,1-2H3,(H,20,21,25). The van der Waals surface area contributed by atoms with E-state index in [1.807, 2.05) is 20.3 Å². The van der Waals surface area contributed by atoms with E-state index < -0.39 is 6.04 Å². The quantitative estimate of drug-likeness (QED) is 0.795. The number of hydrogen-bond acceptors (Lipinski definition) is 5. The van der Waals surface area contributed by atoms with Crippen LogP contribution in [0.15, 0.2) is 36.5 Å². The summed E-state index contributed by atoms with van der Waals surface area (Å²) in [4.78, 5) is 29.1. The summed E-state index contributed by atoms with van der Waals surface area (Å²) in [5.41, 5.74) is 0.521. The molecule has 27 heavy (non-hydrogen) atoms. The minimum Gasteiger partial charge on any atom is -0.317 e. The zero-order valence-electron chi connectivity index (χ0n) is 15.3. The number of nitrogens with zero attached hydrogens (tertiary/aromatic N) is 4. The fraction of sp³-hybridized carbons (Fsp3) is 0.389. The smallest absolute Gasteiger partial charge is 0.255 e. The molecule has 9 heteroatoms. The largest absolute Gasteiger partial charge is 0.317 e. The van der Waals surface area contributed by atoms with Crippen molar-refractivity contribution in [1.29, 1.82) is 0 Å². The number of carbonyl (C=O) groups excluding carboxylic acids is 2. The summed E-state index contributed by atoms with van der Waals surface area (Å²) < 4.78 is 1.79. The van der Waals surface area contributed by atoms with Crippen molar-refractivity contribution in [2.45, 2.75) is 12.6 Å².